The standard InChI is InChI=1S/C21H27NO4S/c1-5-7-8-9-10-19(4)17-26-21(23)16-22(15-6-2)27(24,25)20-13-11-18(3)12-14-20/h5-6,9-14H,1-2,4,7-8,15-17H2,3H3. The Labute approximate surface area is 162 Å². The van der Waals surface area contributed by atoms with Crippen molar-refractivity contribution in [2.75, 3.05) is 19.7 Å². The fourth-order valence-corrected chi connectivity index (χ4v) is 3.48. The van der Waals surface area contributed by atoms with Crippen molar-refractivity contribution in [1.29, 1.82) is 0 Å². The Balaban J connectivity index is 2.70. The molecule has 0 saturated carbocycles. The smallest absolute Gasteiger partial charge is 0.321 e. The Morgan fingerprint density at radius 2 is 1.81 bits per heavy atom. The first-order chi connectivity index (χ1) is 12.8. The zero-order valence-electron chi connectivity index (χ0n) is 15.8. The highest BCUT2D eigenvalue weighted by molar-refractivity contribution is 7.89. The van der Waals surface area contributed by atoms with Crippen molar-refractivity contribution in [3.05, 3.63) is 79.4 Å². The van der Waals surface area contributed by atoms with Crippen LogP contribution >= 0.6 is 0 Å². The van der Waals surface area contributed by atoms with E-state index >= 15 is 0 Å². The third-order valence-electron chi connectivity index (χ3n) is 3.61. The van der Waals surface area contributed by atoms with Crippen LogP contribution in [0.25, 0.3) is 0 Å². The minimum Gasteiger partial charge on any atom is -0.460 e. The van der Waals surface area contributed by atoms with Crippen molar-refractivity contribution >= 4 is 16.0 Å². The maximum Gasteiger partial charge on any atom is 0.321 e. The number of hydrogen-bond donors (Lipinski definition) is 0. The number of ether oxygens (including phenoxy) is 1. The van der Waals surface area contributed by atoms with E-state index in [9.17, 15) is 13.2 Å². The van der Waals surface area contributed by atoms with Crippen molar-refractivity contribution in [2.45, 2.75) is 24.7 Å². The van der Waals surface area contributed by atoms with Crippen LogP contribution in [-0.2, 0) is 19.6 Å². The van der Waals surface area contributed by atoms with Crippen LogP contribution in [0.3, 0.4) is 0 Å². The number of unbranched alkanes of at least 4 members (excludes halogenated alkanes) is 1. The predicted octanol–water partition coefficient (Wildman–Crippen LogP) is 3.79. The summed E-state index contributed by atoms with van der Waals surface area (Å²) in [7, 11) is -3.82. The predicted molar refractivity (Wildman–Crippen MR) is 109 cm³/mol. The second-order valence-electron chi connectivity index (χ2n) is 5.99. The van der Waals surface area contributed by atoms with Gasteiger partial charge < -0.3 is 4.74 Å². The fraction of sp³-hybridized carbons (Fsp3) is 0.286. The number of benzene rings is 1. The van der Waals surface area contributed by atoms with E-state index in [0.29, 0.717) is 5.57 Å². The highest BCUT2D eigenvalue weighted by Gasteiger charge is 2.26. The molecule has 0 fully saturated rings. The average Bonchev–Trinajstić information content (AvgIpc) is 2.63. The van der Waals surface area contributed by atoms with Crippen LogP contribution in [0.1, 0.15) is 18.4 Å². The summed E-state index contributed by atoms with van der Waals surface area (Å²) in [5, 5.41) is 0. The van der Waals surface area contributed by atoms with Crippen LogP contribution in [0.15, 0.2) is 78.8 Å². The van der Waals surface area contributed by atoms with Gasteiger partial charge in [0.25, 0.3) is 0 Å². The molecule has 0 aliphatic carbocycles. The summed E-state index contributed by atoms with van der Waals surface area (Å²) in [6, 6.07) is 6.45. The number of carbonyl (C=O) groups is 1. The Morgan fingerprint density at radius 1 is 1.15 bits per heavy atom. The maximum absolute atomic E-state index is 12.7. The number of rotatable bonds is 12. The first-order valence-corrected chi connectivity index (χ1v) is 10.0. The summed E-state index contributed by atoms with van der Waals surface area (Å²) in [6.45, 7) is 12.5. The summed E-state index contributed by atoms with van der Waals surface area (Å²) < 4.78 is 31.7. The second-order valence-corrected chi connectivity index (χ2v) is 7.92. The lowest BCUT2D eigenvalue weighted by Crippen LogP contribution is -2.36. The number of esters is 1. The number of nitrogens with zero attached hydrogens (tertiary/aromatic N) is 1. The molecule has 0 spiro atoms. The van der Waals surface area contributed by atoms with Gasteiger partial charge in [-0.25, -0.2) is 8.42 Å². The molecule has 0 unspecified atom stereocenters. The van der Waals surface area contributed by atoms with Gasteiger partial charge >= 0.3 is 5.97 Å². The second kappa shape index (κ2) is 11.3. The van der Waals surface area contributed by atoms with Crippen molar-refractivity contribution < 1.29 is 17.9 Å². The third kappa shape index (κ3) is 7.76. The molecule has 0 radical (unpaired) electrons. The summed E-state index contributed by atoms with van der Waals surface area (Å²) in [5.74, 6) is -0.645. The van der Waals surface area contributed by atoms with Gasteiger partial charge in [0.2, 0.25) is 10.0 Å². The first-order valence-electron chi connectivity index (χ1n) is 8.59. The molecule has 0 amide bonds. The molecule has 0 bridgehead atoms. The molecule has 1 aromatic carbocycles. The van der Waals surface area contributed by atoms with E-state index in [1.54, 1.807) is 18.2 Å². The molecule has 27 heavy (non-hydrogen) atoms. The van der Waals surface area contributed by atoms with Gasteiger partial charge in [0.1, 0.15) is 13.2 Å². The molecule has 0 aromatic heterocycles. The monoisotopic (exact) mass is 389 g/mol. The number of allylic oxidation sites excluding steroid dienone is 2. The molecule has 6 heteroatoms. The summed E-state index contributed by atoms with van der Waals surface area (Å²) in [4.78, 5) is 12.2. The number of aryl methyl sites for hydroxylation is 1. The van der Waals surface area contributed by atoms with Crippen molar-refractivity contribution in [2.24, 2.45) is 0 Å². The van der Waals surface area contributed by atoms with Crippen LogP contribution < -0.4 is 0 Å². The van der Waals surface area contributed by atoms with Gasteiger partial charge in [-0.15, -0.1) is 13.2 Å². The van der Waals surface area contributed by atoms with Crippen LogP contribution in [0.2, 0.25) is 0 Å². The average molecular weight is 390 g/mol. The molecule has 0 aliphatic heterocycles. The Kier molecular flexibility index (Phi) is 9.47. The quantitative estimate of drug-likeness (QED) is 0.236. The molecule has 1 rings (SSSR count). The fourth-order valence-electron chi connectivity index (χ4n) is 2.13. The van der Waals surface area contributed by atoms with Crippen molar-refractivity contribution in [3.63, 3.8) is 0 Å². The highest BCUT2D eigenvalue weighted by atomic mass is 32.2. The minimum atomic E-state index is -3.82. The zero-order valence-corrected chi connectivity index (χ0v) is 16.6. The Hall–Kier alpha value is -2.44. The molecule has 1 aromatic rings. The molecule has 0 heterocycles. The van der Waals surface area contributed by atoms with Crippen LogP contribution in [0.5, 0.6) is 0 Å². The molecule has 0 N–H and O–H groups in total. The molecule has 0 atom stereocenters. The summed E-state index contributed by atoms with van der Waals surface area (Å²) >= 11 is 0. The lowest BCUT2D eigenvalue weighted by atomic mass is 10.2. The third-order valence-corrected chi connectivity index (χ3v) is 5.43. The molecule has 0 aliphatic rings. The van der Waals surface area contributed by atoms with Gasteiger partial charge in [0.15, 0.2) is 0 Å². The molecular weight excluding hydrogens is 362 g/mol. The van der Waals surface area contributed by atoms with Gasteiger partial charge in [-0.3, -0.25) is 4.79 Å². The van der Waals surface area contributed by atoms with Gasteiger partial charge in [0, 0.05) is 6.54 Å². The van der Waals surface area contributed by atoms with E-state index < -0.39 is 22.5 Å². The molecule has 146 valence electrons. The van der Waals surface area contributed by atoms with E-state index in [1.807, 2.05) is 19.1 Å². The van der Waals surface area contributed by atoms with Gasteiger partial charge in [0.05, 0.1) is 4.90 Å². The largest absolute Gasteiger partial charge is 0.460 e. The first kappa shape index (κ1) is 22.6. The SMILES string of the molecule is C=CCCC=CC(=C)COC(=O)CN(CC=C)S(=O)(=O)c1ccc(C)cc1. The minimum absolute atomic E-state index is 0.00765. The summed E-state index contributed by atoms with van der Waals surface area (Å²) in [5.41, 5.74) is 1.58. The number of sulfonamides is 1. The van der Waals surface area contributed by atoms with Gasteiger partial charge in [-0.1, -0.05) is 48.6 Å². The van der Waals surface area contributed by atoms with E-state index in [4.69, 9.17) is 4.74 Å². The van der Waals surface area contributed by atoms with E-state index in [-0.39, 0.29) is 18.0 Å². The Bertz CT molecular complexity index is 792. The molecule has 5 nitrogen and oxygen atoms in total. The molecular formula is C21H27NO4S. The van der Waals surface area contributed by atoms with E-state index in [1.165, 1.54) is 18.2 Å². The Morgan fingerprint density at radius 3 is 2.41 bits per heavy atom. The van der Waals surface area contributed by atoms with E-state index in [2.05, 4.69) is 19.7 Å². The maximum atomic E-state index is 12.7. The van der Waals surface area contributed by atoms with Gasteiger partial charge in [-0.05, 0) is 37.5 Å². The van der Waals surface area contributed by atoms with Crippen molar-refractivity contribution in [1.82, 2.24) is 4.31 Å². The zero-order chi connectivity index (χ0) is 20.3. The lowest BCUT2D eigenvalue weighted by Gasteiger charge is -2.20. The molecule has 0 saturated heterocycles. The highest BCUT2D eigenvalue weighted by Crippen LogP contribution is 2.16. The normalized spacial score (nSPS) is 11.5. The number of hydrogen-bond acceptors (Lipinski definition) is 4. The summed E-state index contributed by atoms with van der Waals surface area (Å²) in [6.07, 6.45) is 8.64. The topological polar surface area (TPSA) is 63.7 Å². The van der Waals surface area contributed by atoms with Gasteiger partial charge in [-0.2, -0.15) is 4.31 Å². The number of carbonyl (C=O) groups excluding carboxylic acids is 1. The lowest BCUT2D eigenvalue weighted by molar-refractivity contribution is -0.142. The van der Waals surface area contributed by atoms with E-state index in [0.717, 1.165) is 22.7 Å². The van der Waals surface area contributed by atoms with Crippen molar-refractivity contribution in [3.8, 4) is 0 Å². The van der Waals surface area contributed by atoms with Crippen LogP contribution in [0.4, 0.5) is 0 Å². The van der Waals surface area contributed by atoms with Crippen LogP contribution in [0, 0.1) is 6.92 Å². The van der Waals surface area contributed by atoms with Crippen LogP contribution in [-0.4, -0.2) is 38.4 Å².